The van der Waals surface area contributed by atoms with E-state index >= 15 is 0 Å². The Labute approximate surface area is 111 Å². The average Bonchev–Trinajstić information content (AvgIpc) is 2.39. The standard InChI is InChI=1S/C15H15NO3/c1-9-7-8-13(17)14(10(9)2)16-12-6-4-3-5-11(12)15(18)19/h3-8,16-17H,1-2H3,(H,18,19). The Morgan fingerprint density at radius 1 is 1.11 bits per heavy atom. The highest BCUT2D eigenvalue weighted by Gasteiger charge is 2.12. The van der Waals surface area contributed by atoms with Gasteiger partial charge in [0.2, 0.25) is 0 Å². The molecule has 0 aliphatic carbocycles. The van der Waals surface area contributed by atoms with E-state index in [2.05, 4.69) is 5.32 Å². The van der Waals surface area contributed by atoms with Crippen LogP contribution < -0.4 is 5.32 Å². The monoisotopic (exact) mass is 257 g/mol. The number of carboxylic acids is 1. The predicted molar refractivity (Wildman–Crippen MR) is 74.3 cm³/mol. The lowest BCUT2D eigenvalue weighted by atomic mass is 10.1. The lowest BCUT2D eigenvalue weighted by Crippen LogP contribution is -2.03. The largest absolute Gasteiger partial charge is 0.506 e. The van der Waals surface area contributed by atoms with Crippen molar-refractivity contribution in [3.05, 3.63) is 53.1 Å². The van der Waals surface area contributed by atoms with E-state index in [0.717, 1.165) is 11.1 Å². The Balaban J connectivity index is 2.48. The van der Waals surface area contributed by atoms with Gasteiger partial charge in [-0.25, -0.2) is 4.79 Å². The Bertz CT molecular complexity index is 635. The molecule has 2 rings (SSSR count). The summed E-state index contributed by atoms with van der Waals surface area (Å²) in [7, 11) is 0. The molecule has 4 nitrogen and oxygen atoms in total. The number of benzene rings is 2. The number of phenols is 1. The van der Waals surface area contributed by atoms with Crippen molar-refractivity contribution in [1.29, 1.82) is 0 Å². The highest BCUT2D eigenvalue weighted by atomic mass is 16.4. The number of phenolic OH excluding ortho intramolecular Hbond substituents is 1. The lowest BCUT2D eigenvalue weighted by molar-refractivity contribution is 0.0698. The number of hydrogen-bond donors (Lipinski definition) is 3. The number of aromatic hydroxyl groups is 1. The maximum atomic E-state index is 11.1. The second kappa shape index (κ2) is 5.02. The minimum Gasteiger partial charge on any atom is -0.506 e. The van der Waals surface area contributed by atoms with Crippen molar-refractivity contribution in [3.63, 3.8) is 0 Å². The van der Waals surface area contributed by atoms with Crippen molar-refractivity contribution >= 4 is 17.3 Å². The smallest absolute Gasteiger partial charge is 0.337 e. The molecule has 0 aliphatic rings. The number of carbonyl (C=O) groups is 1. The van der Waals surface area contributed by atoms with Crippen LogP contribution >= 0.6 is 0 Å². The van der Waals surface area contributed by atoms with Crippen LogP contribution in [-0.4, -0.2) is 16.2 Å². The topological polar surface area (TPSA) is 69.6 Å². The summed E-state index contributed by atoms with van der Waals surface area (Å²) in [5.41, 5.74) is 3.07. The number of aryl methyl sites for hydroxylation is 1. The van der Waals surface area contributed by atoms with Crippen molar-refractivity contribution in [1.82, 2.24) is 0 Å². The van der Waals surface area contributed by atoms with Gasteiger partial charge in [-0.05, 0) is 43.2 Å². The van der Waals surface area contributed by atoms with Gasteiger partial charge >= 0.3 is 5.97 Å². The van der Waals surface area contributed by atoms with Gasteiger partial charge in [0.1, 0.15) is 5.75 Å². The van der Waals surface area contributed by atoms with Gasteiger partial charge in [-0.1, -0.05) is 18.2 Å². The molecular formula is C15H15NO3. The van der Waals surface area contributed by atoms with Crippen molar-refractivity contribution in [2.75, 3.05) is 5.32 Å². The van der Waals surface area contributed by atoms with E-state index in [1.165, 1.54) is 6.07 Å². The van der Waals surface area contributed by atoms with Crippen molar-refractivity contribution in [2.45, 2.75) is 13.8 Å². The summed E-state index contributed by atoms with van der Waals surface area (Å²) in [4.78, 5) is 11.1. The Kier molecular flexibility index (Phi) is 3.42. The molecule has 3 N–H and O–H groups in total. The first-order valence-electron chi connectivity index (χ1n) is 5.89. The zero-order chi connectivity index (χ0) is 14.0. The van der Waals surface area contributed by atoms with E-state index in [-0.39, 0.29) is 11.3 Å². The van der Waals surface area contributed by atoms with E-state index in [1.807, 2.05) is 19.9 Å². The first-order chi connectivity index (χ1) is 9.00. The van der Waals surface area contributed by atoms with E-state index in [4.69, 9.17) is 5.11 Å². The van der Waals surface area contributed by atoms with Gasteiger partial charge in [-0.2, -0.15) is 0 Å². The summed E-state index contributed by atoms with van der Waals surface area (Å²) in [5, 5.41) is 22.0. The SMILES string of the molecule is Cc1ccc(O)c(Nc2ccccc2C(=O)O)c1C. The van der Waals surface area contributed by atoms with Crippen LogP contribution in [0.25, 0.3) is 0 Å². The Morgan fingerprint density at radius 3 is 2.47 bits per heavy atom. The third-order valence-corrected chi connectivity index (χ3v) is 3.13. The molecule has 0 unspecified atom stereocenters. The van der Waals surface area contributed by atoms with Gasteiger partial charge in [0.15, 0.2) is 0 Å². The molecule has 0 radical (unpaired) electrons. The van der Waals surface area contributed by atoms with Gasteiger partial charge in [0, 0.05) is 0 Å². The fourth-order valence-corrected chi connectivity index (χ4v) is 1.87. The molecule has 0 fully saturated rings. The van der Waals surface area contributed by atoms with Crippen LogP contribution in [0.2, 0.25) is 0 Å². The molecule has 0 spiro atoms. The summed E-state index contributed by atoms with van der Waals surface area (Å²) >= 11 is 0. The van der Waals surface area contributed by atoms with Crippen molar-refractivity contribution in [2.24, 2.45) is 0 Å². The summed E-state index contributed by atoms with van der Waals surface area (Å²) in [6, 6.07) is 10.0. The molecule has 0 atom stereocenters. The van der Waals surface area contributed by atoms with Gasteiger partial charge in [0.05, 0.1) is 16.9 Å². The zero-order valence-electron chi connectivity index (χ0n) is 10.8. The summed E-state index contributed by atoms with van der Waals surface area (Å²) in [6.45, 7) is 3.81. The lowest BCUT2D eigenvalue weighted by Gasteiger charge is -2.15. The van der Waals surface area contributed by atoms with Gasteiger partial charge < -0.3 is 15.5 Å². The number of aromatic carboxylic acids is 1. The fourth-order valence-electron chi connectivity index (χ4n) is 1.87. The van der Waals surface area contributed by atoms with Crippen LogP contribution in [0.4, 0.5) is 11.4 Å². The highest BCUT2D eigenvalue weighted by Crippen LogP contribution is 2.33. The Morgan fingerprint density at radius 2 is 1.79 bits per heavy atom. The highest BCUT2D eigenvalue weighted by molar-refractivity contribution is 5.95. The van der Waals surface area contributed by atoms with Crippen LogP contribution in [0, 0.1) is 13.8 Å². The minimum atomic E-state index is -1.01. The molecule has 4 heteroatoms. The molecular weight excluding hydrogens is 242 g/mol. The maximum absolute atomic E-state index is 11.1. The maximum Gasteiger partial charge on any atom is 0.337 e. The number of para-hydroxylation sites is 1. The third-order valence-electron chi connectivity index (χ3n) is 3.13. The molecule has 0 aliphatic heterocycles. The minimum absolute atomic E-state index is 0.100. The first-order valence-corrected chi connectivity index (χ1v) is 5.89. The fraction of sp³-hybridized carbons (Fsp3) is 0.133. The number of carboxylic acid groups (broad SMARTS) is 1. The van der Waals surface area contributed by atoms with Gasteiger partial charge in [-0.3, -0.25) is 0 Å². The third kappa shape index (κ3) is 2.52. The molecule has 0 aromatic heterocycles. The number of anilines is 2. The van der Waals surface area contributed by atoms with Crippen molar-refractivity contribution in [3.8, 4) is 5.75 Å². The first kappa shape index (κ1) is 13.0. The van der Waals surface area contributed by atoms with Crippen LogP contribution in [0.15, 0.2) is 36.4 Å². The molecule has 0 saturated heterocycles. The number of hydrogen-bond acceptors (Lipinski definition) is 3. The van der Waals surface area contributed by atoms with Gasteiger partial charge in [0.25, 0.3) is 0 Å². The molecule has 2 aromatic rings. The molecule has 19 heavy (non-hydrogen) atoms. The summed E-state index contributed by atoms with van der Waals surface area (Å²) < 4.78 is 0. The van der Waals surface area contributed by atoms with E-state index < -0.39 is 5.97 Å². The average molecular weight is 257 g/mol. The number of nitrogens with one attached hydrogen (secondary N) is 1. The molecule has 0 amide bonds. The van der Waals surface area contributed by atoms with Crippen LogP contribution in [-0.2, 0) is 0 Å². The molecule has 0 bridgehead atoms. The van der Waals surface area contributed by atoms with Crippen LogP contribution in [0.1, 0.15) is 21.5 Å². The quantitative estimate of drug-likeness (QED) is 0.736. The molecule has 0 saturated carbocycles. The van der Waals surface area contributed by atoms with Crippen LogP contribution in [0.5, 0.6) is 5.75 Å². The van der Waals surface area contributed by atoms with Crippen LogP contribution in [0.3, 0.4) is 0 Å². The molecule has 0 heterocycles. The van der Waals surface area contributed by atoms with Crippen molar-refractivity contribution < 1.29 is 15.0 Å². The van der Waals surface area contributed by atoms with E-state index in [1.54, 1.807) is 24.3 Å². The normalized spacial score (nSPS) is 10.2. The number of rotatable bonds is 3. The van der Waals surface area contributed by atoms with E-state index in [0.29, 0.717) is 11.4 Å². The summed E-state index contributed by atoms with van der Waals surface area (Å²) in [5.74, 6) is -0.906. The predicted octanol–water partition coefficient (Wildman–Crippen LogP) is 3.45. The second-order valence-corrected chi connectivity index (χ2v) is 4.38. The zero-order valence-corrected chi connectivity index (χ0v) is 10.8. The van der Waals surface area contributed by atoms with Gasteiger partial charge in [-0.15, -0.1) is 0 Å². The summed E-state index contributed by atoms with van der Waals surface area (Å²) in [6.07, 6.45) is 0. The molecule has 98 valence electrons. The Hall–Kier alpha value is -2.49. The van der Waals surface area contributed by atoms with E-state index in [9.17, 15) is 9.90 Å². The second-order valence-electron chi connectivity index (χ2n) is 4.38. The molecule has 2 aromatic carbocycles.